The Morgan fingerprint density at radius 3 is 2.79 bits per heavy atom. The Kier molecular flexibility index (Phi) is 4.35. The van der Waals surface area contributed by atoms with Crippen LogP contribution in [0.15, 0.2) is 22.7 Å². The van der Waals surface area contributed by atoms with Crippen molar-refractivity contribution in [2.75, 3.05) is 11.9 Å². The first-order chi connectivity index (χ1) is 6.63. The average Bonchev–Trinajstić information content (AvgIpc) is 2.12. The predicted octanol–water partition coefficient (Wildman–Crippen LogP) is 3.06. The highest BCUT2D eigenvalue weighted by Gasteiger charge is 1.98. The van der Waals surface area contributed by atoms with Crippen molar-refractivity contribution < 1.29 is 0 Å². The third kappa shape index (κ3) is 3.27. The minimum Gasteiger partial charge on any atom is -0.363 e. The molecule has 0 atom stereocenters. The van der Waals surface area contributed by atoms with Gasteiger partial charge in [0.15, 0.2) is 5.11 Å². The van der Waals surface area contributed by atoms with Gasteiger partial charge in [-0.05, 0) is 49.8 Å². The SMILES string of the molecule is CCNC(=S)Nc1ccc(Br)c(C)c1. The molecule has 0 radical (unpaired) electrons. The van der Waals surface area contributed by atoms with Crippen LogP contribution in [-0.4, -0.2) is 11.7 Å². The number of benzene rings is 1. The maximum absolute atomic E-state index is 5.08. The van der Waals surface area contributed by atoms with Crippen LogP contribution in [0.5, 0.6) is 0 Å². The number of rotatable bonds is 2. The molecule has 0 fully saturated rings. The topological polar surface area (TPSA) is 24.1 Å². The maximum atomic E-state index is 5.08. The molecule has 0 saturated carbocycles. The fourth-order valence-corrected chi connectivity index (χ4v) is 1.57. The molecule has 0 aliphatic carbocycles. The number of thiocarbonyl (C=S) groups is 1. The monoisotopic (exact) mass is 272 g/mol. The van der Waals surface area contributed by atoms with Crippen molar-refractivity contribution in [2.45, 2.75) is 13.8 Å². The minimum absolute atomic E-state index is 0.661. The summed E-state index contributed by atoms with van der Waals surface area (Å²) in [6.45, 7) is 4.90. The van der Waals surface area contributed by atoms with Crippen molar-refractivity contribution in [1.29, 1.82) is 0 Å². The van der Waals surface area contributed by atoms with Gasteiger partial charge >= 0.3 is 0 Å². The van der Waals surface area contributed by atoms with Gasteiger partial charge in [0.05, 0.1) is 0 Å². The molecule has 2 N–H and O–H groups in total. The van der Waals surface area contributed by atoms with Crippen molar-refractivity contribution in [3.05, 3.63) is 28.2 Å². The molecule has 0 amide bonds. The first-order valence-corrected chi connectivity index (χ1v) is 5.64. The van der Waals surface area contributed by atoms with Crippen LogP contribution in [0.4, 0.5) is 5.69 Å². The van der Waals surface area contributed by atoms with E-state index in [1.54, 1.807) is 0 Å². The summed E-state index contributed by atoms with van der Waals surface area (Å²) in [6.07, 6.45) is 0. The van der Waals surface area contributed by atoms with Gasteiger partial charge in [-0.15, -0.1) is 0 Å². The van der Waals surface area contributed by atoms with Crippen LogP contribution in [0.3, 0.4) is 0 Å². The summed E-state index contributed by atoms with van der Waals surface area (Å²) in [5, 5.41) is 6.81. The molecule has 0 aliphatic heterocycles. The number of anilines is 1. The molecule has 1 rings (SSSR count). The van der Waals surface area contributed by atoms with E-state index in [1.165, 1.54) is 5.56 Å². The molecule has 0 spiro atoms. The van der Waals surface area contributed by atoms with Gasteiger partial charge in [-0.25, -0.2) is 0 Å². The smallest absolute Gasteiger partial charge is 0.170 e. The number of halogens is 1. The number of hydrogen-bond acceptors (Lipinski definition) is 1. The Balaban J connectivity index is 2.68. The second-order valence-corrected chi connectivity index (χ2v) is 4.21. The normalized spacial score (nSPS) is 9.64. The van der Waals surface area contributed by atoms with Crippen molar-refractivity contribution in [3.63, 3.8) is 0 Å². The number of aryl methyl sites for hydroxylation is 1. The minimum atomic E-state index is 0.661. The maximum Gasteiger partial charge on any atom is 0.170 e. The Bertz CT molecular complexity index is 339. The average molecular weight is 273 g/mol. The van der Waals surface area contributed by atoms with E-state index in [0.29, 0.717) is 5.11 Å². The molecule has 0 aliphatic rings. The largest absolute Gasteiger partial charge is 0.363 e. The van der Waals surface area contributed by atoms with E-state index in [0.717, 1.165) is 16.7 Å². The molecule has 0 bridgehead atoms. The molecule has 0 unspecified atom stereocenters. The molecule has 76 valence electrons. The molecule has 0 aromatic heterocycles. The highest BCUT2D eigenvalue weighted by Crippen LogP contribution is 2.19. The highest BCUT2D eigenvalue weighted by atomic mass is 79.9. The van der Waals surface area contributed by atoms with Crippen molar-refractivity contribution in [1.82, 2.24) is 5.32 Å². The Morgan fingerprint density at radius 2 is 2.21 bits per heavy atom. The van der Waals surface area contributed by atoms with Gasteiger partial charge < -0.3 is 10.6 Å². The van der Waals surface area contributed by atoms with E-state index in [-0.39, 0.29) is 0 Å². The van der Waals surface area contributed by atoms with Crippen LogP contribution in [-0.2, 0) is 0 Å². The molecule has 14 heavy (non-hydrogen) atoms. The van der Waals surface area contributed by atoms with Gasteiger partial charge in [0, 0.05) is 16.7 Å². The molecule has 4 heteroatoms. The molecular formula is C10H13BrN2S. The summed E-state index contributed by atoms with van der Waals surface area (Å²) in [6, 6.07) is 6.04. The Labute approximate surface area is 98.2 Å². The van der Waals surface area contributed by atoms with Crippen molar-refractivity contribution >= 4 is 38.9 Å². The van der Waals surface area contributed by atoms with Gasteiger partial charge in [0.1, 0.15) is 0 Å². The zero-order valence-corrected chi connectivity index (χ0v) is 10.6. The van der Waals surface area contributed by atoms with Crippen molar-refractivity contribution in [3.8, 4) is 0 Å². The summed E-state index contributed by atoms with van der Waals surface area (Å²) in [4.78, 5) is 0. The predicted molar refractivity (Wildman–Crippen MR) is 68.8 cm³/mol. The van der Waals surface area contributed by atoms with E-state index in [4.69, 9.17) is 12.2 Å². The van der Waals surface area contributed by atoms with Crippen LogP contribution in [0.2, 0.25) is 0 Å². The van der Waals surface area contributed by atoms with E-state index in [2.05, 4.69) is 26.6 Å². The summed E-state index contributed by atoms with van der Waals surface area (Å²) in [5.41, 5.74) is 2.20. The quantitative estimate of drug-likeness (QED) is 0.810. The third-order valence-corrected chi connectivity index (χ3v) is 2.89. The second-order valence-electron chi connectivity index (χ2n) is 2.95. The van der Waals surface area contributed by atoms with Crippen molar-refractivity contribution in [2.24, 2.45) is 0 Å². The van der Waals surface area contributed by atoms with E-state index >= 15 is 0 Å². The van der Waals surface area contributed by atoms with Gasteiger partial charge in [0.25, 0.3) is 0 Å². The summed E-state index contributed by atoms with van der Waals surface area (Å²) in [7, 11) is 0. The summed E-state index contributed by atoms with van der Waals surface area (Å²) in [5.74, 6) is 0. The Hall–Kier alpha value is -0.610. The van der Waals surface area contributed by atoms with Gasteiger partial charge in [0.2, 0.25) is 0 Å². The zero-order chi connectivity index (χ0) is 10.6. The van der Waals surface area contributed by atoms with Gasteiger partial charge in [-0.2, -0.15) is 0 Å². The van der Waals surface area contributed by atoms with Gasteiger partial charge in [-0.3, -0.25) is 0 Å². The summed E-state index contributed by atoms with van der Waals surface area (Å²) >= 11 is 8.53. The van der Waals surface area contributed by atoms with E-state index in [1.807, 2.05) is 32.0 Å². The number of hydrogen-bond donors (Lipinski definition) is 2. The van der Waals surface area contributed by atoms with E-state index in [9.17, 15) is 0 Å². The van der Waals surface area contributed by atoms with Crippen LogP contribution >= 0.6 is 28.1 Å². The van der Waals surface area contributed by atoms with Crippen LogP contribution < -0.4 is 10.6 Å². The fourth-order valence-electron chi connectivity index (χ4n) is 1.06. The Morgan fingerprint density at radius 1 is 1.50 bits per heavy atom. The molecule has 1 aromatic carbocycles. The second kappa shape index (κ2) is 5.32. The lowest BCUT2D eigenvalue weighted by atomic mass is 10.2. The van der Waals surface area contributed by atoms with Crippen LogP contribution in [0.1, 0.15) is 12.5 Å². The van der Waals surface area contributed by atoms with Crippen LogP contribution in [0, 0.1) is 6.92 Å². The molecular weight excluding hydrogens is 260 g/mol. The lowest BCUT2D eigenvalue weighted by molar-refractivity contribution is 0.979. The third-order valence-electron chi connectivity index (χ3n) is 1.75. The molecule has 1 aromatic rings. The first-order valence-electron chi connectivity index (χ1n) is 4.44. The molecule has 0 saturated heterocycles. The fraction of sp³-hybridized carbons (Fsp3) is 0.300. The zero-order valence-electron chi connectivity index (χ0n) is 8.23. The first kappa shape index (κ1) is 11.5. The lowest BCUT2D eigenvalue weighted by Crippen LogP contribution is -2.27. The summed E-state index contributed by atoms with van der Waals surface area (Å²) < 4.78 is 1.11. The van der Waals surface area contributed by atoms with E-state index < -0.39 is 0 Å². The van der Waals surface area contributed by atoms with Gasteiger partial charge in [-0.1, -0.05) is 15.9 Å². The molecule has 2 nitrogen and oxygen atoms in total. The lowest BCUT2D eigenvalue weighted by Gasteiger charge is -2.09. The standard InChI is InChI=1S/C10H13BrN2S/c1-3-12-10(14)13-8-4-5-9(11)7(2)6-8/h4-6H,3H2,1-2H3,(H2,12,13,14). The van der Waals surface area contributed by atoms with Crippen LogP contribution in [0.25, 0.3) is 0 Å². The highest BCUT2D eigenvalue weighted by molar-refractivity contribution is 9.10. The number of nitrogens with one attached hydrogen (secondary N) is 2. The molecule has 0 heterocycles.